The molecule has 3 rings (SSSR count). The molecule has 2 atom stereocenters. The highest BCUT2D eigenvalue weighted by molar-refractivity contribution is 6.04. The summed E-state index contributed by atoms with van der Waals surface area (Å²) in [5.41, 5.74) is 1.91. The predicted octanol–water partition coefficient (Wildman–Crippen LogP) is 2.58. The Balaban J connectivity index is 1.65. The molecule has 2 heterocycles. The lowest BCUT2D eigenvalue weighted by Gasteiger charge is -2.34. The van der Waals surface area contributed by atoms with Gasteiger partial charge in [0.1, 0.15) is 0 Å². The molecule has 4 heteroatoms. The lowest BCUT2D eigenvalue weighted by atomic mass is 10.0. The SMILES string of the molecule is CC1CCCCN1C(=O)C1CC(c2ccccc2)=NO1. The molecule has 1 aromatic rings. The number of benzene rings is 1. The highest BCUT2D eigenvalue weighted by Crippen LogP contribution is 2.23. The number of hydrogen-bond donors (Lipinski definition) is 0. The van der Waals surface area contributed by atoms with Crippen LogP contribution >= 0.6 is 0 Å². The Morgan fingerprint density at radius 2 is 2.10 bits per heavy atom. The zero-order valence-corrected chi connectivity index (χ0v) is 11.8. The molecule has 0 saturated carbocycles. The van der Waals surface area contributed by atoms with Crippen molar-refractivity contribution in [2.24, 2.45) is 5.16 Å². The van der Waals surface area contributed by atoms with E-state index in [0.717, 1.165) is 30.7 Å². The lowest BCUT2D eigenvalue weighted by Crippen LogP contribution is -2.47. The number of nitrogens with zero attached hydrogens (tertiary/aromatic N) is 2. The third-order valence-corrected chi connectivity index (χ3v) is 4.14. The molecule has 2 aliphatic heterocycles. The van der Waals surface area contributed by atoms with Crippen molar-refractivity contribution in [3.8, 4) is 0 Å². The molecule has 0 radical (unpaired) electrons. The van der Waals surface area contributed by atoms with E-state index in [9.17, 15) is 4.79 Å². The number of rotatable bonds is 2. The fourth-order valence-corrected chi connectivity index (χ4v) is 2.92. The Morgan fingerprint density at radius 1 is 1.30 bits per heavy atom. The second kappa shape index (κ2) is 5.65. The quantitative estimate of drug-likeness (QED) is 0.830. The van der Waals surface area contributed by atoms with Gasteiger partial charge in [-0.2, -0.15) is 0 Å². The maximum atomic E-state index is 12.5. The molecule has 0 aliphatic carbocycles. The van der Waals surface area contributed by atoms with Gasteiger partial charge in [-0.25, -0.2) is 0 Å². The summed E-state index contributed by atoms with van der Waals surface area (Å²) in [7, 11) is 0. The molecule has 1 fully saturated rings. The van der Waals surface area contributed by atoms with E-state index < -0.39 is 6.10 Å². The summed E-state index contributed by atoms with van der Waals surface area (Å²) in [5, 5.41) is 4.10. The minimum Gasteiger partial charge on any atom is -0.382 e. The van der Waals surface area contributed by atoms with Crippen LogP contribution < -0.4 is 0 Å². The zero-order valence-electron chi connectivity index (χ0n) is 11.8. The first kappa shape index (κ1) is 13.2. The number of amides is 1. The van der Waals surface area contributed by atoms with Gasteiger partial charge in [0.25, 0.3) is 5.91 Å². The van der Waals surface area contributed by atoms with Crippen molar-refractivity contribution in [2.45, 2.75) is 44.8 Å². The molecule has 0 aromatic heterocycles. The summed E-state index contributed by atoms with van der Waals surface area (Å²) >= 11 is 0. The van der Waals surface area contributed by atoms with E-state index in [-0.39, 0.29) is 5.91 Å². The summed E-state index contributed by atoms with van der Waals surface area (Å²) in [4.78, 5) is 19.9. The van der Waals surface area contributed by atoms with Gasteiger partial charge < -0.3 is 9.74 Å². The first-order valence-electron chi connectivity index (χ1n) is 7.34. The minimum absolute atomic E-state index is 0.0897. The molecule has 1 aromatic carbocycles. The van der Waals surface area contributed by atoms with Crippen LogP contribution in [0, 0.1) is 0 Å². The van der Waals surface area contributed by atoms with Gasteiger partial charge in [0, 0.05) is 19.0 Å². The van der Waals surface area contributed by atoms with Crippen LogP contribution in [0.15, 0.2) is 35.5 Å². The summed E-state index contributed by atoms with van der Waals surface area (Å²) in [6, 6.07) is 10.2. The van der Waals surface area contributed by atoms with Gasteiger partial charge in [-0.1, -0.05) is 35.5 Å². The van der Waals surface area contributed by atoms with E-state index in [1.165, 1.54) is 6.42 Å². The third kappa shape index (κ3) is 2.55. The monoisotopic (exact) mass is 272 g/mol. The molecular formula is C16H20N2O2. The highest BCUT2D eigenvalue weighted by atomic mass is 16.6. The van der Waals surface area contributed by atoms with Gasteiger partial charge in [-0.3, -0.25) is 4.79 Å². The van der Waals surface area contributed by atoms with E-state index in [4.69, 9.17) is 4.84 Å². The Morgan fingerprint density at radius 3 is 2.85 bits per heavy atom. The van der Waals surface area contributed by atoms with Crippen LogP contribution in [0.2, 0.25) is 0 Å². The summed E-state index contributed by atoms with van der Waals surface area (Å²) in [6.07, 6.45) is 3.53. The Bertz CT molecular complexity index is 512. The first-order valence-corrected chi connectivity index (χ1v) is 7.34. The predicted molar refractivity (Wildman–Crippen MR) is 77.5 cm³/mol. The number of piperidine rings is 1. The molecule has 1 saturated heterocycles. The molecule has 0 N–H and O–H groups in total. The zero-order chi connectivity index (χ0) is 13.9. The van der Waals surface area contributed by atoms with Gasteiger partial charge in [0.05, 0.1) is 5.71 Å². The Labute approximate surface area is 119 Å². The minimum atomic E-state index is -0.439. The molecular weight excluding hydrogens is 252 g/mol. The fourth-order valence-electron chi connectivity index (χ4n) is 2.92. The summed E-state index contributed by atoms with van der Waals surface area (Å²) in [5.74, 6) is 0.0897. The molecule has 1 amide bonds. The molecule has 20 heavy (non-hydrogen) atoms. The summed E-state index contributed by atoms with van der Waals surface area (Å²) in [6.45, 7) is 2.96. The van der Waals surface area contributed by atoms with Crippen LogP contribution in [-0.4, -0.2) is 35.2 Å². The normalized spacial score (nSPS) is 26.1. The molecule has 106 valence electrons. The fraction of sp³-hybridized carbons (Fsp3) is 0.500. The van der Waals surface area contributed by atoms with Crippen LogP contribution in [0.5, 0.6) is 0 Å². The van der Waals surface area contributed by atoms with Crippen LogP contribution in [0.1, 0.15) is 38.2 Å². The molecule has 2 unspecified atom stereocenters. The first-order chi connectivity index (χ1) is 9.75. The van der Waals surface area contributed by atoms with Gasteiger partial charge in [0.15, 0.2) is 0 Å². The number of carbonyl (C=O) groups is 1. The number of carbonyl (C=O) groups excluding carboxylic acids is 1. The van der Waals surface area contributed by atoms with Crippen LogP contribution in [-0.2, 0) is 9.63 Å². The maximum Gasteiger partial charge on any atom is 0.267 e. The van der Waals surface area contributed by atoms with Gasteiger partial charge in [0.2, 0.25) is 6.10 Å². The smallest absolute Gasteiger partial charge is 0.267 e. The van der Waals surface area contributed by atoms with Crippen molar-refractivity contribution in [1.82, 2.24) is 4.90 Å². The van der Waals surface area contributed by atoms with E-state index >= 15 is 0 Å². The Kier molecular flexibility index (Phi) is 3.72. The maximum absolute atomic E-state index is 12.5. The summed E-state index contributed by atoms with van der Waals surface area (Å²) < 4.78 is 0. The average Bonchev–Trinajstić information content (AvgIpc) is 2.98. The van der Waals surface area contributed by atoms with Gasteiger partial charge >= 0.3 is 0 Å². The largest absolute Gasteiger partial charge is 0.382 e. The van der Waals surface area contributed by atoms with Crippen molar-refractivity contribution in [1.29, 1.82) is 0 Å². The number of oxime groups is 1. The van der Waals surface area contributed by atoms with Crippen molar-refractivity contribution in [3.63, 3.8) is 0 Å². The van der Waals surface area contributed by atoms with E-state index in [0.29, 0.717) is 12.5 Å². The second-order valence-electron chi connectivity index (χ2n) is 5.58. The van der Waals surface area contributed by atoms with E-state index in [2.05, 4.69) is 12.1 Å². The van der Waals surface area contributed by atoms with E-state index in [1.54, 1.807) is 0 Å². The average molecular weight is 272 g/mol. The topological polar surface area (TPSA) is 41.9 Å². The van der Waals surface area contributed by atoms with Crippen molar-refractivity contribution in [3.05, 3.63) is 35.9 Å². The van der Waals surface area contributed by atoms with E-state index in [1.807, 2.05) is 35.2 Å². The molecule has 4 nitrogen and oxygen atoms in total. The van der Waals surface area contributed by atoms with Crippen LogP contribution in [0.4, 0.5) is 0 Å². The Hall–Kier alpha value is -1.84. The van der Waals surface area contributed by atoms with Crippen LogP contribution in [0.3, 0.4) is 0 Å². The standard InChI is InChI=1S/C16H20N2O2/c1-12-7-5-6-10-18(12)16(19)15-11-14(17-20-15)13-8-3-2-4-9-13/h2-4,8-9,12,15H,5-7,10-11H2,1H3. The second-order valence-corrected chi connectivity index (χ2v) is 5.58. The highest BCUT2D eigenvalue weighted by Gasteiger charge is 2.34. The van der Waals surface area contributed by atoms with Crippen molar-refractivity contribution in [2.75, 3.05) is 6.54 Å². The van der Waals surface area contributed by atoms with Gasteiger partial charge in [-0.15, -0.1) is 0 Å². The third-order valence-electron chi connectivity index (χ3n) is 4.14. The van der Waals surface area contributed by atoms with Gasteiger partial charge in [-0.05, 0) is 31.7 Å². The number of hydrogen-bond acceptors (Lipinski definition) is 3. The molecule has 0 spiro atoms. The molecule has 2 aliphatic rings. The van der Waals surface area contributed by atoms with Crippen molar-refractivity contribution >= 4 is 11.6 Å². The molecule has 0 bridgehead atoms. The van der Waals surface area contributed by atoms with Crippen LogP contribution in [0.25, 0.3) is 0 Å². The van der Waals surface area contributed by atoms with Crippen molar-refractivity contribution < 1.29 is 9.63 Å². The number of likely N-dealkylation sites (tertiary alicyclic amines) is 1. The lowest BCUT2D eigenvalue weighted by molar-refractivity contribution is -0.145.